The average Bonchev–Trinajstić information content (AvgIpc) is 2.82. The number of fused-ring (bicyclic) bond motifs is 1. The van der Waals surface area contributed by atoms with Gasteiger partial charge in [-0.05, 0) is 50.3 Å². The molecule has 1 aliphatic heterocycles. The van der Waals surface area contributed by atoms with Gasteiger partial charge in [-0.15, -0.1) is 11.8 Å². The number of nitrogens with zero attached hydrogens (tertiary/aromatic N) is 2. The third-order valence-corrected chi connectivity index (χ3v) is 6.18. The van der Waals surface area contributed by atoms with E-state index in [1.54, 1.807) is 18.9 Å². The van der Waals surface area contributed by atoms with Crippen LogP contribution in [-0.4, -0.2) is 43.9 Å². The van der Waals surface area contributed by atoms with Gasteiger partial charge in [-0.3, -0.25) is 14.6 Å². The van der Waals surface area contributed by atoms with Crippen LogP contribution in [0.2, 0.25) is 0 Å². The first-order valence-corrected chi connectivity index (χ1v) is 10.4. The Labute approximate surface area is 166 Å². The van der Waals surface area contributed by atoms with Gasteiger partial charge in [0.1, 0.15) is 5.75 Å². The summed E-state index contributed by atoms with van der Waals surface area (Å²) >= 11 is 1.76. The average molecular weight is 385 g/mol. The number of hydrogen-bond donors (Lipinski definition) is 0. The van der Waals surface area contributed by atoms with Crippen LogP contribution in [0.1, 0.15) is 31.2 Å². The second-order valence-electron chi connectivity index (χ2n) is 7.05. The quantitative estimate of drug-likeness (QED) is 0.728. The number of amides is 1. The molecule has 0 aliphatic carbocycles. The van der Waals surface area contributed by atoms with Gasteiger partial charge < -0.3 is 4.74 Å². The zero-order valence-electron chi connectivity index (χ0n) is 16.5. The molecule has 1 amide bonds. The number of rotatable bonds is 6. The van der Waals surface area contributed by atoms with E-state index in [2.05, 4.69) is 38.1 Å². The van der Waals surface area contributed by atoms with Crippen molar-refractivity contribution in [3.8, 4) is 5.75 Å². The van der Waals surface area contributed by atoms with Gasteiger partial charge in [-0.2, -0.15) is 0 Å². The molecule has 0 bridgehead atoms. The third-order valence-electron chi connectivity index (χ3n) is 5.03. The molecule has 2 unspecified atom stereocenters. The van der Waals surface area contributed by atoms with Crippen LogP contribution in [0.5, 0.6) is 5.75 Å². The lowest BCUT2D eigenvalue weighted by molar-refractivity contribution is -0.120. The fourth-order valence-corrected chi connectivity index (χ4v) is 4.74. The lowest BCUT2D eigenvalue weighted by Gasteiger charge is -2.37. The van der Waals surface area contributed by atoms with Crippen molar-refractivity contribution in [1.29, 1.82) is 0 Å². The van der Waals surface area contributed by atoms with E-state index < -0.39 is 0 Å². The van der Waals surface area contributed by atoms with E-state index in [4.69, 9.17) is 4.74 Å². The molecule has 0 aromatic heterocycles. The van der Waals surface area contributed by atoms with Gasteiger partial charge in [-0.25, -0.2) is 0 Å². The number of ether oxygens (including phenoxy) is 1. The van der Waals surface area contributed by atoms with Crippen LogP contribution in [-0.2, 0) is 4.79 Å². The van der Waals surface area contributed by atoms with Gasteiger partial charge in [0.25, 0.3) is 0 Å². The Kier molecular flexibility index (Phi) is 6.45. The molecule has 2 aromatic carbocycles. The van der Waals surface area contributed by atoms with Crippen LogP contribution in [0.4, 0.5) is 5.69 Å². The first-order chi connectivity index (χ1) is 13.1. The van der Waals surface area contributed by atoms with Gasteiger partial charge >= 0.3 is 0 Å². The lowest BCUT2D eigenvalue weighted by Crippen LogP contribution is -2.50. The number of carbonyl (C=O) groups excluding carboxylic acids is 1. The number of anilines is 1. The molecular formula is C22H28N2O2S. The molecule has 5 heteroatoms. The van der Waals surface area contributed by atoms with Gasteiger partial charge in [0.2, 0.25) is 5.91 Å². The van der Waals surface area contributed by atoms with E-state index in [1.165, 1.54) is 4.90 Å². The monoisotopic (exact) mass is 384 g/mol. The van der Waals surface area contributed by atoms with E-state index in [0.29, 0.717) is 0 Å². The Morgan fingerprint density at radius 2 is 1.89 bits per heavy atom. The largest absolute Gasteiger partial charge is 0.497 e. The van der Waals surface area contributed by atoms with Crippen molar-refractivity contribution < 1.29 is 9.53 Å². The van der Waals surface area contributed by atoms with E-state index in [1.807, 2.05) is 41.3 Å². The molecule has 2 aromatic rings. The molecule has 2 atom stereocenters. The molecule has 27 heavy (non-hydrogen) atoms. The van der Waals surface area contributed by atoms with E-state index >= 15 is 0 Å². The highest BCUT2D eigenvalue weighted by atomic mass is 32.2. The molecule has 0 radical (unpaired) electrons. The first-order valence-electron chi connectivity index (χ1n) is 9.42. The maximum atomic E-state index is 13.7. The molecule has 1 aliphatic rings. The summed E-state index contributed by atoms with van der Waals surface area (Å²) in [6.07, 6.45) is 2.01. The second-order valence-corrected chi connectivity index (χ2v) is 8.11. The summed E-state index contributed by atoms with van der Waals surface area (Å²) in [4.78, 5) is 19.1. The van der Waals surface area contributed by atoms with Gasteiger partial charge in [0.15, 0.2) is 0 Å². The minimum atomic E-state index is -0.174. The Balaban J connectivity index is 2.04. The zero-order chi connectivity index (χ0) is 19.4. The minimum absolute atomic E-state index is 0.0445. The highest BCUT2D eigenvalue weighted by Crippen LogP contribution is 2.41. The topological polar surface area (TPSA) is 32.8 Å². The van der Waals surface area contributed by atoms with Crippen LogP contribution in [0.3, 0.4) is 0 Å². The third kappa shape index (κ3) is 4.14. The van der Waals surface area contributed by atoms with Crippen LogP contribution in [0, 0.1) is 0 Å². The molecule has 0 spiro atoms. The zero-order valence-corrected chi connectivity index (χ0v) is 17.3. The number of benzene rings is 2. The fraction of sp³-hybridized carbons (Fsp3) is 0.409. The molecule has 0 saturated carbocycles. The van der Waals surface area contributed by atoms with E-state index in [-0.39, 0.29) is 18.0 Å². The molecule has 0 fully saturated rings. The van der Waals surface area contributed by atoms with Gasteiger partial charge in [-0.1, -0.05) is 37.6 Å². The predicted octanol–water partition coefficient (Wildman–Crippen LogP) is 4.61. The van der Waals surface area contributed by atoms with Crippen LogP contribution in [0.25, 0.3) is 0 Å². The molecule has 0 saturated heterocycles. The standard InChI is InChI=1S/C22H28N2O2S/c1-5-8-21(23(2)3)24-19-9-6-7-10-20(19)27-15-18(22(24)25)16-11-13-17(26-4)14-12-16/h6-7,9-14,18,21H,5,8,15H2,1-4H3. The van der Waals surface area contributed by atoms with Crippen LogP contribution < -0.4 is 9.64 Å². The van der Waals surface area contributed by atoms with E-state index in [0.717, 1.165) is 35.6 Å². The van der Waals surface area contributed by atoms with Crippen molar-refractivity contribution in [3.05, 3.63) is 54.1 Å². The predicted molar refractivity (Wildman–Crippen MR) is 113 cm³/mol. The smallest absolute Gasteiger partial charge is 0.236 e. The van der Waals surface area contributed by atoms with E-state index in [9.17, 15) is 4.79 Å². The lowest BCUT2D eigenvalue weighted by atomic mass is 9.98. The summed E-state index contributed by atoms with van der Waals surface area (Å²) in [6, 6.07) is 16.2. The highest BCUT2D eigenvalue weighted by Gasteiger charge is 2.36. The summed E-state index contributed by atoms with van der Waals surface area (Å²) in [7, 11) is 5.76. The van der Waals surface area contributed by atoms with Crippen molar-refractivity contribution in [1.82, 2.24) is 4.90 Å². The summed E-state index contributed by atoms with van der Waals surface area (Å²) in [6.45, 7) is 2.17. The Bertz CT molecular complexity index is 776. The minimum Gasteiger partial charge on any atom is -0.497 e. The second kappa shape index (κ2) is 8.81. The maximum Gasteiger partial charge on any atom is 0.236 e. The molecule has 144 valence electrons. The molecule has 4 nitrogen and oxygen atoms in total. The SMILES string of the molecule is CCCC(N(C)C)N1C(=O)C(c2ccc(OC)cc2)CSc2ccccc21. The molecule has 1 heterocycles. The van der Waals surface area contributed by atoms with Crippen molar-refractivity contribution in [2.24, 2.45) is 0 Å². The van der Waals surface area contributed by atoms with Crippen molar-refractivity contribution in [2.45, 2.75) is 36.7 Å². The maximum absolute atomic E-state index is 13.7. The van der Waals surface area contributed by atoms with Crippen molar-refractivity contribution in [3.63, 3.8) is 0 Å². The van der Waals surface area contributed by atoms with Gasteiger partial charge in [0.05, 0.1) is 24.9 Å². The van der Waals surface area contributed by atoms with Crippen LogP contribution in [0.15, 0.2) is 53.4 Å². The summed E-state index contributed by atoms with van der Waals surface area (Å²) in [5.41, 5.74) is 2.07. The summed E-state index contributed by atoms with van der Waals surface area (Å²) in [5, 5.41) is 0. The number of carbonyl (C=O) groups is 1. The van der Waals surface area contributed by atoms with Crippen LogP contribution >= 0.6 is 11.8 Å². The van der Waals surface area contributed by atoms with Crippen molar-refractivity contribution in [2.75, 3.05) is 31.9 Å². The summed E-state index contributed by atoms with van der Waals surface area (Å²) in [5.74, 6) is 1.55. The van der Waals surface area contributed by atoms with Gasteiger partial charge in [0, 0.05) is 10.6 Å². The first kappa shape index (κ1) is 19.8. The molecule has 0 N–H and O–H groups in total. The Morgan fingerprint density at radius 1 is 1.19 bits per heavy atom. The Morgan fingerprint density at radius 3 is 2.52 bits per heavy atom. The number of methoxy groups -OCH3 is 1. The highest BCUT2D eigenvalue weighted by molar-refractivity contribution is 7.99. The number of hydrogen-bond acceptors (Lipinski definition) is 4. The fourth-order valence-electron chi connectivity index (χ4n) is 3.57. The number of para-hydroxylation sites is 1. The number of thioether (sulfide) groups is 1. The molecular weight excluding hydrogens is 356 g/mol. The normalized spacial score (nSPS) is 18.2. The van der Waals surface area contributed by atoms with Crippen molar-refractivity contribution >= 4 is 23.4 Å². The molecule has 3 rings (SSSR count). The Hall–Kier alpha value is -1.98. The summed E-state index contributed by atoms with van der Waals surface area (Å²) < 4.78 is 5.27.